The zero-order valence-electron chi connectivity index (χ0n) is 19.6. The summed E-state index contributed by atoms with van der Waals surface area (Å²) in [4.78, 5) is 43.4. The van der Waals surface area contributed by atoms with E-state index >= 15 is 0 Å². The number of likely N-dealkylation sites (N-methyl/N-ethyl adjacent to an activating group) is 1. The first-order valence-corrected chi connectivity index (χ1v) is 11.2. The third kappa shape index (κ3) is 5.44. The van der Waals surface area contributed by atoms with Crippen LogP contribution in [-0.2, 0) is 9.53 Å². The number of halogens is 1. The molecule has 2 atom stereocenters. The second kappa shape index (κ2) is 10.7. The van der Waals surface area contributed by atoms with Gasteiger partial charge in [0.1, 0.15) is 5.82 Å². The van der Waals surface area contributed by atoms with E-state index in [4.69, 9.17) is 4.74 Å². The van der Waals surface area contributed by atoms with Gasteiger partial charge >= 0.3 is 18.0 Å². The third-order valence-corrected chi connectivity index (χ3v) is 5.93. The molecule has 0 bridgehead atoms. The van der Waals surface area contributed by atoms with Crippen LogP contribution in [0.4, 0.5) is 14.0 Å². The topological polar surface area (TPSA) is 94.2 Å². The number of carbonyl (C=O) groups is 3. The van der Waals surface area contributed by atoms with Gasteiger partial charge in [-0.05, 0) is 38.5 Å². The molecule has 33 heavy (non-hydrogen) atoms. The highest BCUT2D eigenvalue weighted by Crippen LogP contribution is 2.32. The summed E-state index contributed by atoms with van der Waals surface area (Å²) in [5.41, 5.74) is 1.25. The van der Waals surface area contributed by atoms with Gasteiger partial charge in [-0.2, -0.15) is 0 Å². The van der Waals surface area contributed by atoms with Crippen molar-refractivity contribution in [3.63, 3.8) is 0 Å². The van der Waals surface area contributed by atoms with E-state index in [9.17, 15) is 18.8 Å². The second-order valence-corrected chi connectivity index (χ2v) is 8.19. The molecule has 3 rings (SSSR count). The standard InChI is InChI=1S/C23H32FN5O4/c1-5-25-22(31)29-11-10-28(13-15(29)3)14-18-19(21(30)33-6-2)20(26-23(32)27(18)4)16-8-7-9-17(24)12-16/h7-9,12,15,20H,5-6,10-11,13-14H2,1-4H3,(H,25,31)(H,26,32)/t15-,20-/m0/s1. The van der Waals surface area contributed by atoms with Gasteiger partial charge in [0.25, 0.3) is 0 Å². The smallest absolute Gasteiger partial charge is 0.338 e. The molecular formula is C23H32FN5O4. The lowest BCUT2D eigenvalue weighted by Crippen LogP contribution is -2.57. The minimum absolute atomic E-state index is 0.0429. The predicted octanol–water partition coefficient (Wildman–Crippen LogP) is 2.07. The molecule has 1 saturated heterocycles. The molecule has 9 nitrogen and oxygen atoms in total. The Bertz CT molecular complexity index is 937. The highest BCUT2D eigenvalue weighted by molar-refractivity contribution is 5.95. The van der Waals surface area contributed by atoms with Crippen LogP contribution in [-0.4, -0.2) is 85.2 Å². The molecule has 180 valence electrons. The number of benzene rings is 1. The number of nitrogens with zero attached hydrogens (tertiary/aromatic N) is 3. The zero-order chi connectivity index (χ0) is 24.1. The minimum atomic E-state index is -0.826. The molecule has 0 unspecified atom stereocenters. The summed E-state index contributed by atoms with van der Waals surface area (Å²) in [5.74, 6) is -1.01. The molecule has 10 heteroatoms. The van der Waals surface area contributed by atoms with Gasteiger partial charge in [0.15, 0.2) is 0 Å². The first kappa shape index (κ1) is 24.5. The van der Waals surface area contributed by atoms with E-state index in [2.05, 4.69) is 15.5 Å². The third-order valence-electron chi connectivity index (χ3n) is 5.93. The lowest BCUT2D eigenvalue weighted by molar-refractivity contribution is -0.139. The summed E-state index contributed by atoms with van der Waals surface area (Å²) in [6, 6.07) is 4.47. The van der Waals surface area contributed by atoms with Crippen molar-refractivity contribution in [1.82, 2.24) is 25.3 Å². The van der Waals surface area contributed by atoms with Gasteiger partial charge in [-0.15, -0.1) is 0 Å². The number of ether oxygens (including phenoxy) is 1. The van der Waals surface area contributed by atoms with E-state index in [1.54, 1.807) is 31.0 Å². The lowest BCUT2D eigenvalue weighted by atomic mass is 9.94. The van der Waals surface area contributed by atoms with Crippen LogP contribution in [0.3, 0.4) is 0 Å². The minimum Gasteiger partial charge on any atom is -0.463 e. The molecule has 0 spiro atoms. The Hall–Kier alpha value is -3.14. The van der Waals surface area contributed by atoms with Crippen LogP contribution in [0.15, 0.2) is 35.5 Å². The number of amides is 4. The fraction of sp³-hybridized carbons (Fsp3) is 0.522. The first-order chi connectivity index (χ1) is 15.8. The van der Waals surface area contributed by atoms with Crippen molar-refractivity contribution < 1.29 is 23.5 Å². The number of hydrogen-bond acceptors (Lipinski definition) is 5. The van der Waals surface area contributed by atoms with Crippen molar-refractivity contribution in [2.75, 3.05) is 46.4 Å². The molecular weight excluding hydrogens is 429 g/mol. The van der Waals surface area contributed by atoms with E-state index in [0.717, 1.165) is 0 Å². The van der Waals surface area contributed by atoms with Gasteiger partial charge in [-0.25, -0.2) is 18.8 Å². The lowest BCUT2D eigenvalue weighted by Gasteiger charge is -2.42. The summed E-state index contributed by atoms with van der Waals surface area (Å²) < 4.78 is 19.3. The second-order valence-electron chi connectivity index (χ2n) is 8.19. The van der Waals surface area contributed by atoms with Crippen molar-refractivity contribution >= 4 is 18.0 Å². The van der Waals surface area contributed by atoms with E-state index in [1.165, 1.54) is 17.0 Å². The van der Waals surface area contributed by atoms with Crippen LogP contribution in [0.5, 0.6) is 0 Å². The van der Waals surface area contributed by atoms with Gasteiger partial charge in [-0.1, -0.05) is 12.1 Å². The van der Waals surface area contributed by atoms with Gasteiger partial charge in [0, 0.05) is 51.5 Å². The van der Waals surface area contributed by atoms with Gasteiger partial charge in [0.2, 0.25) is 0 Å². The van der Waals surface area contributed by atoms with Crippen molar-refractivity contribution in [2.24, 2.45) is 0 Å². The van der Waals surface area contributed by atoms with Crippen molar-refractivity contribution in [3.05, 3.63) is 46.9 Å². The molecule has 2 aliphatic rings. The molecule has 0 aromatic heterocycles. The SMILES string of the molecule is CCNC(=O)N1CCN(CC2=C(C(=O)OCC)[C@H](c3cccc(F)c3)NC(=O)N2C)C[C@@H]1C. The van der Waals surface area contributed by atoms with Crippen molar-refractivity contribution in [3.8, 4) is 0 Å². The number of urea groups is 2. The summed E-state index contributed by atoms with van der Waals surface area (Å²) in [6.07, 6.45) is 0. The maximum Gasteiger partial charge on any atom is 0.338 e. The van der Waals surface area contributed by atoms with E-state index in [-0.39, 0.29) is 30.3 Å². The summed E-state index contributed by atoms with van der Waals surface area (Å²) in [5, 5.41) is 5.62. The molecule has 0 saturated carbocycles. The maximum atomic E-state index is 13.9. The van der Waals surface area contributed by atoms with Crippen LogP contribution < -0.4 is 10.6 Å². The Balaban J connectivity index is 1.93. The Labute approximate surface area is 193 Å². The molecule has 2 aliphatic heterocycles. The number of carbonyl (C=O) groups excluding carboxylic acids is 3. The number of nitrogens with one attached hydrogen (secondary N) is 2. The van der Waals surface area contributed by atoms with Gasteiger partial charge in [-0.3, -0.25) is 9.80 Å². The van der Waals surface area contributed by atoms with Gasteiger partial charge < -0.3 is 20.3 Å². The van der Waals surface area contributed by atoms with E-state index in [0.29, 0.717) is 44.0 Å². The first-order valence-electron chi connectivity index (χ1n) is 11.2. The fourth-order valence-electron chi connectivity index (χ4n) is 4.28. The predicted molar refractivity (Wildman–Crippen MR) is 121 cm³/mol. The Kier molecular flexibility index (Phi) is 7.91. The number of rotatable bonds is 6. The Morgan fingerprint density at radius 1 is 1.27 bits per heavy atom. The largest absolute Gasteiger partial charge is 0.463 e. The molecule has 2 heterocycles. The molecule has 0 aliphatic carbocycles. The molecule has 1 aromatic carbocycles. The highest BCUT2D eigenvalue weighted by atomic mass is 19.1. The summed E-state index contributed by atoms with van der Waals surface area (Å²) in [6.45, 7) is 8.29. The quantitative estimate of drug-likeness (QED) is 0.633. The van der Waals surface area contributed by atoms with Crippen molar-refractivity contribution in [2.45, 2.75) is 32.9 Å². The normalized spacial score (nSPS) is 21.7. The van der Waals surface area contributed by atoms with Crippen LogP contribution in [0.25, 0.3) is 0 Å². The van der Waals surface area contributed by atoms with E-state index < -0.39 is 17.8 Å². The van der Waals surface area contributed by atoms with Crippen LogP contribution in [0, 0.1) is 5.82 Å². The fourth-order valence-corrected chi connectivity index (χ4v) is 4.28. The van der Waals surface area contributed by atoms with Crippen LogP contribution in [0.2, 0.25) is 0 Å². The van der Waals surface area contributed by atoms with Crippen LogP contribution >= 0.6 is 0 Å². The van der Waals surface area contributed by atoms with E-state index in [1.807, 2.05) is 13.8 Å². The molecule has 2 N–H and O–H groups in total. The molecule has 4 amide bonds. The summed E-state index contributed by atoms with van der Waals surface area (Å²) >= 11 is 0. The molecule has 1 fully saturated rings. The molecule has 0 radical (unpaired) electrons. The monoisotopic (exact) mass is 461 g/mol. The molecule has 1 aromatic rings. The zero-order valence-corrected chi connectivity index (χ0v) is 19.6. The van der Waals surface area contributed by atoms with Crippen LogP contribution in [0.1, 0.15) is 32.4 Å². The summed E-state index contributed by atoms with van der Waals surface area (Å²) in [7, 11) is 1.60. The maximum absolute atomic E-state index is 13.9. The highest BCUT2D eigenvalue weighted by Gasteiger charge is 2.38. The number of hydrogen-bond donors (Lipinski definition) is 2. The average Bonchev–Trinajstić information content (AvgIpc) is 2.77. The number of esters is 1. The Morgan fingerprint density at radius 2 is 2.03 bits per heavy atom. The van der Waals surface area contributed by atoms with Crippen molar-refractivity contribution in [1.29, 1.82) is 0 Å². The van der Waals surface area contributed by atoms with Gasteiger partial charge in [0.05, 0.1) is 18.2 Å². The Morgan fingerprint density at radius 3 is 2.67 bits per heavy atom. The number of piperazine rings is 1. The average molecular weight is 462 g/mol.